The highest BCUT2D eigenvalue weighted by molar-refractivity contribution is 5.95. The van der Waals surface area contributed by atoms with Crippen molar-refractivity contribution in [3.05, 3.63) is 29.8 Å². The van der Waals surface area contributed by atoms with Gasteiger partial charge in [-0.15, -0.1) is 0 Å². The number of amidine groups is 1. The maximum absolute atomic E-state index is 11.4. The molecule has 3 rings (SSSR count). The summed E-state index contributed by atoms with van der Waals surface area (Å²) in [6.07, 6.45) is 5.23. The van der Waals surface area contributed by atoms with Crippen LogP contribution in [0.5, 0.6) is 0 Å². The first-order valence-electron chi connectivity index (χ1n) is 10.0. The molecule has 0 unspecified atom stereocenters. The predicted molar refractivity (Wildman–Crippen MR) is 108 cm³/mol. The molecular formula is C21H32N4O2. The number of esters is 1. The van der Waals surface area contributed by atoms with Crippen LogP contribution in [0.4, 0.5) is 5.69 Å². The summed E-state index contributed by atoms with van der Waals surface area (Å²) >= 11 is 0. The highest BCUT2D eigenvalue weighted by Gasteiger charge is 2.26. The van der Waals surface area contributed by atoms with Gasteiger partial charge in [-0.2, -0.15) is 0 Å². The van der Waals surface area contributed by atoms with Crippen molar-refractivity contribution in [2.75, 3.05) is 44.7 Å². The van der Waals surface area contributed by atoms with E-state index in [1.165, 1.54) is 32.2 Å². The summed E-state index contributed by atoms with van der Waals surface area (Å²) in [7, 11) is 1.47. The van der Waals surface area contributed by atoms with Crippen molar-refractivity contribution in [3.63, 3.8) is 0 Å². The van der Waals surface area contributed by atoms with Gasteiger partial charge in [0.05, 0.1) is 7.11 Å². The number of nitrogens with zero attached hydrogens (tertiary/aromatic N) is 2. The van der Waals surface area contributed by atoms with Crippen LogP contribution in [-0.4, -0.2) is 56.5 Å². The number of piperidine rings is 2. The van der Waals surface area contributed by atoms with Gasteiger partial charge in [-0.05, 0) is 74.9 Å². The lowest BCUT2D eigenvalue weighted by Gasteiger charge is -2.38. The fourth-order valence-corrected chi connectivity index (χ4v) is 4.28. The summed E-state index contributed by atoms with van der Waals surface area (Å²) in [4.78, 5) is 16.4. The number of nitrogens with two attached hydrogens (primary N) is 1. The third kappa shape index (κ3) is 5.45. The van der Waals surface area contributed by atoms with Crippen LogP contribution < -0.4 is 10.6 Å². The molecule has 0 atom stereocenters. The quantitative estimate of drug-likeness (QED) is 0.455. The number of carbonyl (C=O) groups excluding carboxylic acids is 1. The largest absolute Gasteiger partial charge is 0.469 e. The Morgan fingerprint density at radius 2 is 1.67 bits per heavy atom. The van der Waals surface area contributed by atoms with Crippen molar-refractivity contribution < 1.29 is 9.53 Å². The molecule has 27 heavy (non-hydrogen) atoms. The van der Waals surface area contributed by atoms with Gasteiger partial charge in [0.15, 0.2) is 0 Å². The number of rotatable bonds is 6. The molecule has 2 heterocycles. The Morgan fingerprint density at radius 1 is 1.07 bits per heavy atom. The molecule has 2 fully saturated rings. The highest BCUT2D eigenvalue weighted by atomic mass is 16.5. The van der Waals surface area contributed by atoms with E-state index in [9.17, 15) is 4.79 Å². The minimum absolute atomic E-state index is 0.0721. The van der Waals surface area contributed by atoms with E-state index in [0.717, 1.165) is 50.5 Å². The lowest BCUT2D eigenvalue weighted by atomic mass is 9.91. The van der Waals surface area contributed by atoms with Gasteiger partial charge in [0, 0.05) is 37.3 Å². The molecule has 0 spiro atoms. The van der Waals surface area contributed by atoms with Crippen molar-refractivity contribution in [1.82, 2.24) is 4.90 Å². The van der Waals surface area contributed by atoms with E-state index < -0.39 is 0 Å². The van der Waals surface area contributed by atoms with Crippen LogP contribution >= 0.6 is 0 Å². The molecule has 6 heteroatoms. The van der Waals surface area contributed by atoms with Crippen molar-refractivity contribution >= 4 is 17.5 Å². The molecule has 0 radical (unpaired) electrons. The van der Waals surface area contributed by atoms with Gasteiger partial charge in [-0.25, -0.2) is 0 Å². The molecule has 3 N–H and O–H groups in total. The normalized spacial score (nSPS) is 19.8. The number of carbonyl (C=O) groups is 1. The Bertz CT molecular complexity index is 630. The number of likely N-dealkylation sites (tertiary alicyclic amines) is 1. The first-order valence-corrected chi connectivity index (χ1v) is 10.0. The molecule has 1 aromatic rings. The summed E-state index contributed by atoms with van der Waals surface area (Å²) in [5.74, 6) is 1.30. The molecule has 0 bridgehead atoms. The minimum atomic E-state index is -0.0721. The summed E-state index contributed by atoms with van der Waals surface area (Å²) in [5.41, 5.74) is 7.54. The van der Waals surface area contributed by atoms with Crippen LogP contribution in [0.15, 0.2) is 24.3 Å². The van der Waals surface area contributed by atoms with E-state index in [-0.39, 0.29) is 11.8 Å². The van der Waals surface area contributed by atoms with Gasteiger partial charge >= 0.3 is 5.97 Å². The minimum Gasteiger partial charge on any atom is -0.469 e. The average Bonchev–Trinajstić information content (AvgIpc) is 2.70. The second kappa shape index (κ2) is 9.22. The van der Waals surface area contributed by atoms with Crippen molar-refractivity contribution in [3.8, 4) is 0 Å². The predicted octanol–water partition coefficient (Wildman–Crippen LogP) is 2.46. The molecule has 1 aromatic carbocycles. The number of methoxy groups -OCH3 is 1. The van der Waals surface area contributed by atoms with E-state index in [0.29, 0.717) is 12.3 Å². The molecule has 0 aliphatic carbocycles. The fourth-order valence-electron chi connectivity index (χ4n) is 4.28. The molecule has 2 aliphatic heterocycles. The van der Waals surface area contributed by atoms with Gasteiger partial charge in [0.25, 0.3) is 0 Å². The summed E-state index contributed by atoms with van der Waals surface area (Å²) in [6.45, 7) is 5.57. The number of nitrogens with one attached hydrogen (secondary N) is 1. The average molecular weight is 373 g/mol. The Hall–Kier alpha value is -2.08. The van der Waals surface area contributed by atoms with Crippen LogP contribution in [0.25, 0.3) is 0 Å². The second-order valence-electron chi connectivity index (χ2n) is 7.92. The molecule has 0 aromatic heterocycles. The smallest absolute Gasteiger partial charge is 0.305 e. The Balaban J connectivity index is 1.40. The van der Waals surface area contributed by atoms with E-state index in [1.54, 1.807) is 0 Å². The summed E-state index contributed by atoms with van der Waals surface area (Å²) in [6, 6.07) is 8.01. The molecule has 0 amide bonds. The monoisotopic (exact) mass is 372 g/mol. The van der Waals surface area contributed by atoms with E-state index in [2.05, 4.69) is 21.9 Å². The lowest BCUT2D eigenvalue weighted by Crippen LogP contribution is -2.41. The number of hydrogen-bond acceptors (Lipinski definition) is 5. The zero-order valence-electron chi connectivity index (χ0n) is 16.3. The van der Waals surface area contributed by atoms with Crippen LogP contribution in [0, 0.1) is 17.2 Å². The maximum atomic E-state index is 11.4. The van der Waals surface area contributed by atoms with Crippen LogP contribution in [0.1, 0.15) is 37.7 Å². The first kappa shape index (κ1) is 19.7. The van der Waals surface area contributed by atoms with Gasteiger partial charge in [-0.1, -0.05) is 0 Å². The van der Waals surface area contributed by atoms with Crippen molar-refractivity contribution in [1.29, 1.82) is 5.41 Å². The van der Waals surface area contributed by atoms with Crippen LogP contribution in [0.2, 0.25) is 0 Å². The van der Waals surface area contributed by atoms with Crippen molar-refractivity contribution in [2.24, 2.45) is 17.6 Å². The van der Waals surface area contributed by atoms with Gasteiger partial charge < -0.3 is 20.3 Å². The SMILES string of the molecule is COC(=O)CC1CCN(CC2CCN(c3ccc(C(=N)N)cc3)CC2)CC1. The number of nitrogen functional groups attached to an aromatic ring is 1. The maximum Gasteiger partial charge on any atom is 0.305 e. The molecule has 2 aliphatic rings. The van der Waals surface area contributed by atoms with Crippen LogP contribution in [-0.2, 0) is 9.53 Å². The molecule has 148 valence electrons. The Morgan fingerprint density at radius 3 is 2.22 bits per heavy atom. The summed E-state index contributed by atoms with van der Waals surface area (Å²) < 4.78 is 4.79. The molecule has 6 nitrogen and oxygen atoms in total. The van der Waals surface area contributed by atoms with E-state index in [1.807, 2.05) is 12.1 Å². The third-order valence-corrected chi connectivity index (χ3v) is 6.06. The summed E-state index contributed by atoms with van der Waals surface area (Å²) in [5, 5.41) is 7.49. The van der Waals surface area contributed by atoms with Crippen LogP contribution in [0.3, 0.4) is 0 Å². The third-order valence-electron chi connectivity index (χ3n) is 6.06. The second-order valence-corrected chi connectivity index (χ2v) is 7.92. The van der Waals surface area contributed by atoms with Gasteiger partial charge in [0.2, 0.25) is 0 Å². The van der Waals surface area contributed by atoms with Gasteiger partial charge in [-0.3, -0.25) is 10.2 Å². The Labute approximate surface area is 162 Å². The number of hydrogen-bond donors (Lipinski definition) is 2. The highest BCUT2D eigenvalue weighted by Crippen LogP contribution is 2.26. The standard InChI is InChI=1S/C21H32N4O2/c1-27-20(26)14-16-6-10-24(11-7-16)15-17-8-12-25(13-9-17)19-4-2-18(3-5-19)21(22)23/h2-5,16-17H,6-15H2,1H3,(H3,22,23). The van der Waals surface area contributed by atoms with E-state index >= 15 is 0 Å². The molecule has 2 saturated heterocycles. The van der Waals surface area contributed by atoms with Gasteiger partial charge in [0.1, 0.15) is 5.84 Å². The molecule has 0 saturated carbocycles. The zero-order valence-corrected chi connectivity index (χ0v) is 16.3. The molecular weight excluding hydrogens is 340 g/mol. The fraction of sp³-hybridized carbons (Fsp3) is 0.619. The van der Waals surface area contributed by atoms with E-state index in [4.69, 9.17) is 15.9 Å². The Kier molecular flexibility index (Phi) is 6.72. The topological polar surface area (TPSA) is 82.7 Å². The number of anilines is 1. The zero-order chi connectivity index (χ0) is 19.2. The number of ether oxygens (including phenoxy) is 1. The van der Waals surface area contributed by atoms with Crippen molar-refractivity contribution in [2.45, 2.75) is 32.1 Å². The lowest BCUT2D eigenvalue weighted by molar-refractivity contribution is -0.142. The first-order chi connectivity index (χ1) is 13.0. The number of benzene rings is 1.